The van der Waals surface area contributed by atoms with E-state index in [9.17, 15) is 4.79 Å². The van der Waals surface area contributed by atoms with E-state index in [4.69, 9.17) is 14.2 Å². The third-order valence-electron chi connectivity index (χ3n) is 3.21. The van der Waals surface area contributed by atoms with Gasteiger partial charge in [-0.1, -0.05) is 12.1 Å². The molecule has 4 nitrogen and oxygen atoms in total. The van der Waals surface area contributed by atoms with Gasteiger partial charge in [0.2, 0.25) is 0 Å². The number of methoxy groups -OCH3 is 2. The maximum Gasteiger partial charge on any atom is 0.312 e. The van der Waals surface area contributed by atoms with Crippen molar-refractivity contribution in [1.29, 1.82) is 0 Å². The molecule has 0 N–H and O–H groups in total. The van der Waals surface area contributed by atoms with Crippen LogP contribution in [-0.2, 0) is 9.53 Å². The second kappa shape index (κ2) is 6.79. The molecule has 0 aliphatic rings. The number of ether oxygens (including phenoxy) is 3. The van der Waals surface area contributed by atoms with Crippen molar-refractivity contribution in [3.8, 4) is 17.2 Å². The molecule has 0 amide bonds. The summed E-state index contributed by atoms with van der Waals surface area (Å²) < 4.78 is 15.6. The quantitative estimate of drug-likeness (QED) is 0.785. The van der Waals surface area contributed by atoms with Gasteiger partial charge in [0.25, 0.3) is 0 Å². The fourth-order valence-corrected chi connectivity index (χ4v) is 1.94. The van der Waals surface area contributed by atoms with Gasteiger partial charge in [0.1, 0.15) is 17.2 Å². The summed E-state index contributed by atoms with van der Waals surface area (Å²) >= 11 is 0. The lowest BCUT2D eigenvalue weighted by molar-refractivity contribution is -0.141. The Balaban J connectivity index is 2.15. The zero-order chi connectivity index (χ0) is 15.2. The summed E-state index contributed by atoms with van der Waals surface area (Å²) in [6.45, 7) is 1.80. The first-order valence-electron chi connectivity index (χ1n) is 6.63. The number of hydrogen-bond donors (Lipinski definition) is 0. The van der Waals surface area contributed by atoms with Gasteiger partial charge in [-0.3, -0.25) is 4.79 Å². The molecular weight excluding hydrogens is 268 g/mol. The lowest BCUT2D eigenvalue weighted by Crippen LogP contribution is -2.10. The molecule has 0 radical (unpaired) electrons. The minimum absolute atomic E-state index is 0.267. The van der Waals surface area contributed by atoms with Crippen molar-refractivity contribution in [2.75, 3.05) is 14.2 Å². The molecule has 1 atom stereocenters. The number of rotatable bonds is 5. The minimum Gasteiger partial charge on any atom is -0.497 e. The Morgan fingerprint density at radius 3 is 2.24 bits per heavy atom. The summed E-state index contributed by atoms with van der Waals surface area (Å²) in [4.78, 5) is 11.6. The molecule has 0 aliphatic carbocycles. The SMILES string of the molecule is COC(=O)C(C)c1cccc(Oc2ccc(OC)cc2)c1. The minimum atomic E-state index is -0.325. The number of carbonyl (C=O) groups excluding carboxylic acids is 1. The van der Waals surface area contributed by atoms with Crippen molar-refractivity contribution >= 4 is 5.97 Å². The molecular formula is C17H18O4. The van der Waals surface area contributed by atoms with Crippen LogP contribution in [0.1, 0.15) is 18.4 Å². The molecule has 1 unspecified atom stereocenters. The second-order valence-corrected chi connectivity index (χ2v) is 4.59. The maximum atomic E-state index is 11.6. The smallest absolute Gasteiger partial charge is 0.312 e. The third kappa shape index (κ3) is 3.75. The molecule has 0 bridgehead atoms. The van der Waals surface area contributed by atoms with Crippen molar-refractivity contribution in [2.24, 2.45) is 0 Å². The van der Waals surface area contributed by atoms with Crippen LogP contribution in [0.4, 0.5) is 0 Å². The Morgan fingerprint density at radius 2 is 1.62 bits per heavy atom. The second-order valence-electron chi connectivity index (χ2n) is 4.59. The molecule has 0 saturated heterocycles. The van der Waals surface area contributed by atoms with Crippen molar-refractivity contribution in [1.82, 2.24) is 0 Å². The van der Waals surface area contributed by atoms with Gasteiger partial charge in [-0.15, -0.1) is 0 Å². The van der Waals surface area contributed by atoms with Gasteiger partial charge in [0.05, 0.1) is 20.1 Å². The summed E-state index contributed by atoms with van der Waals surface area (Å²) in [6.07, 6.45) is 0. The van der Waals surface area contributed by atoms with Crippen LogP contribution >= 0.6 is 0 Å². The van der Waals surface area contributed by atoms with Crippen LogP contribution in [0.15, 0.2) is 48.5 Å². The van der Waals surface area contributed by atoms with E-state index in [-0.39, 0.29) is 11.9 Å². The Morgan fingerprint density at radius 1 is 0.952 bits per heavy atom. The van der Waals surface area contributed by atoms with Gasteiger partial charge in [-0.2, -0.15) is 0 Å². The number of esters is 1. The fourth-order valence-electron chi connectivity index (χ4n) is 1.94. The van der Waals surface area contributed by atoms with E-state index in [2.05, 4.69) is 0 Å². The van der Waals surface area contributed by atoms with Crippen molar-refractivity contribution < 1.29 is 19.0 Å². The van der Waals surface area contributed by atoms with Gasteiger partial charge in [0.15, 0.2) is 0 Å². The molecule has 0 heterocycles. The lowest BCUT2D eigenvalue weighted by atomic mass is 10.0. The van der Waals surface area contributed by atoms with Crippen LogP contribution in [-0.4, -0.2) is 20.2 Å². The van der Waals surface area contributed by atoms with E-state index >= 15 is 0 Å². The molecule has 2 aromatic rings. The first-order valence-corrected chi connectivity index (χ1v) is 6.63. The Kier molecular flexibility index (Phi) is 4.82. The number of carbonyl (C=O) groups is 1. The largest absolute Gasteiger partial charge is 0.497 e. The first-order chi connectivity index (χ1) is 10.1. The molecule has 0 saturated carbocycles. The summed E-state index contributed by atoms with van der Waals surface area (Å²) in [5.74, 6) is 1.56. The van der Waals surface area contributed by atoms with E-state index in [1.54, 1.807) is 14.0 Å². The Labute approximate surface area is 124 Å². The molecule has 0 fully saturated rings. The van der Waals surface area contributed by atoms with E-state index < -0.39 is 0 Å². The first kappa shape index (κ1) is 14.9. The third-order valence-corrected chi connectivity index (χ3v) is 3.21. The monoisotopic (exact) mass is 286 g/mol. The molecule has 0 aliphatic heterocycles. The highest BCUT2D eigenvalue weighted by atomic mass is 16.5. The van der Waals surface area contributed by atoms with Gasteiger partial charge in [-0.25, -0.2) is 0 Å². The maximum absolute atomic E-state index is 11.6. The topological polar surface area (TPSA) is 44.8 Å². The van der Waals surface area contributed by atoms with Crippen LogP contribution in [0.3, 0.4) is 0 Å². The highest BCUT2D eigenvalue weighted by molar-refractivity contribution is 5.77. The van der Waals surface area contributed by atoms with Gasteiger partial charge in [-0.05, 0) is 48.9 Å². The Bertz CT molecular complexity index is 604. The summed E-state index contributed by atoms with van der Waals surface area (Å²) in [7, 11) is 3.00. The molecule has 0 aromatic heterocycles. The standard InChI is InChI=1S/C17H18O4/c1-12(17(18)20-3)13-5-4-6-16(11-13)21-15-9-7-14(19-2)8-10-15/h4-12H,1-3H3. The van der Waals surface area contributed by atoms with Crippen LogP contribution in [0.25, 0.3) is 0 Å². The van der Waals surface area contributed by atoms with E-state index in [1.165, 1.54) is 7.11 Å². The van der Waals surface area contributed by atoms with Gasteiger partial charge < -0.3 is 14.2 Å². The van der Waals surface area contributed by atoms with Gasteiger partial charge in [0, 0.05) is 0 Å². The summed E-state index contributed by atoms with van der Waals surface area (Å²) in [5.41, 5.74) is 0.855. The van der Waals surface area contributed by atoms with Crippen LogP contribution in [0.2, 0.25) is 0 Å². The lowest BCUT2D eigenvalue weighted by Gasteiger charge is -2.12. The zero-order valence-corrected chi connectivity index (χ0v) is 12.3. The fraction of sp³-hybridized carbons (Fsp3) is 0.235. The van der Waals surface area contributed by atoms with Crippen molar-refractivity contribution in [3.63, 3.8) is 0 Å². The average molecular weight is 286 g/mol. The van der Waals surface area contributed by atoms with Crippen LogP contribution in [0.5, 0.6) is 17.2 Å². The Hall–Kier alpha value is -2.49. The van der Waals surface area contributed by atoms with Crippen LogP contribution < -0.4 is 9.47 Å². The average Bonchev–Trinajstić information content (AvgIpc) is 2.54. The predicted molar refractivity (Wildman–Crippen MR) is 79.9 cm³/mol. The van der Waals surface area contributed by atoms with Crippen LogP contribution in [0, 0.1) is 0 Å². The highest BCUT2D eigenvalue weighted by Crippen LogP contribution is 2.27. The molecule has 2 aromatic carbocycles. The molecule has 110 valence electrons. The zero-order valence-electron chi connectivity index (χ0n) is 12.3. The van der Waals surface area contributed by atoms with E-state index in [1.807, 2.05) is 48.5 Å². The van der Waals surface area contributed by atoms with E-state index in [0.717, 1.165) is 11.3 Å². The van der Waals surface area contributed by atoms with Crippen molar-refractivity contribution in [2.45, 2.75) is 12.8 Å². The number of benzene rings is 2. The molecule has 4 heteroatoms. The van der Waals surface area contributed by atoms with Crippen molar-refractivity contribution in [3.05, 3.63) is 54.1 Å². The predicted octanol–water partition coefficient (Wildman–Crippen LogP) is 3.76. The molecule has 21 heavy (non-hydrogen) atoms. The summed E-state index contributed by atoms with van der Waals surface area (Å²) in [5, 5.41) is 0. The summed E-state index contributed by atoms with van der Waals surface area (Å²) in [6, 6.07) is 14.7. The molecule has 0 spiro atoms. The molecule has 2 rings (SSSR count). The normalized spacial score (nSPS) is 11.6. The highest BCUT2D eigenvalue weighted by Gasteiger charge is 2.16. The number of hydrogen-bond acceptors (Lipinski definition) is 4. The van der Waals surface area contributed by atoms with Gasteiger partial charge >= 0.3 is 5.97 Å². The van der Waals surface area contributed by atoms with E-state index in [0.29, 0.717) is 11.5 Å².